The summed E-state index contributed by atoms with van der Waals surface area (Å²) in [6.45, 7) is 13.5. The number of aliphatic hydroxyl groups is 1. The lowest BCUT2D eigenvalue weighted by Gasteiger charge is -2.62. The van der Waals surface area contributed by atoms with Crippen LogP contribution < -0.4 is 5.32 Å². The van der Waals surface area contributed by atoms with Crippen molar-refractivity contribution in [3.8, 4) is 0 Å². The lowest BCUT2D eigenvalue weighted by Crippen LogP contribution is -2.67. The molecule has 0 spiro atoms. The van der Waals surface area contributed by atoms with E-state index in [-0.39, 0.29) is 5.91 Å². The Hall–Kier alpha value is -1.81. The zero-order chi connectivity index (χ0) is 21.7. The molecule has 4 saturated carbocycles. The lowest BCUT2D eigenvalue weighted by molar-refractivity contribution is -0.180. The molecule has 7 heteroatoms. The van der Waals surface area contributed by atoms with Crippen LogP contribution in [-0.2, 0) is 9.53 Å². The third-order valence-corrected chi connectivity index (χ3v) is 7.50. The molecule has 4 atom stereocenters. The van der Waals surface area contributed by atoms with Gasteiger partial charge in [0.25, 0.3) is 5.91 Å². The molecule has 7 nitrogen and oxygen atoms in total. The highest BCUT2D eigenvalue weighted by Gasteiger charge is 2.62. The number of carbonyl (C=O) groups excluding carboxylic acids is 2. The first-order valence-electron chi connectivity index (χ1n) is 11.4. The molecule has 0 aromatic heterocycles. The zero-order valence-electron chi connectivity index (χ0n) is 18.4. The molecule has 0 aromatic rings. The first kappa shape index (κ1) is 21.4. The van der Waals surface area contributed by atoms with Gasteiger partial charge in [-0.2, -0.15) is 0 Å². The van der Waals surface area contributed by atoms with Gasteiger partial charge in [-0.05, 0) is 84.0 Å². The highest BCUT2D eigenvalue weighted by atomic mass is 16.6. The van der Waals surface area contributed by atoms with Crippen LogP contribution in [0.4, 0.5) is 4.79 Å². The van der Waals surface area contributed by atoms with Crippen molar-refractivity contribution in [3.05, 3.63) is 11.4 Å². The van der Waals surface area contributed by atoms with Gasteiger partial charge in [0, 0.05) is 18.4 Å². The van der Waals surface area contributed by atoms with E-state index in [1.165, 1.54) is 0 Å². The largest absolute Gasteiger partial charge is 0.444 e. The Bertz CT molecular complexity index is 739. The SMILES string of the molecule is [C-]#[N+][C@@H]1CCCCN1C(=O)[C@@H](NC(=O)OC(C)(C)C)C12CC3CC(CC(O)(C3)C1)C2. The average Bonchev–Trinajstić information content (AvgIpc) is 2.62. The summed E-state index contributed by atoms with van der Waals surface area (Å²) < 4.78 is 5.50. The van der Waals surface area contributed by atoms with Gasteiger partial charge in [-0.25, -0.2) is 11.4 Å². The van der Waals surface area contributed by atoms with Crippen molar-refractivity contribution >= 4 is 12.0 Å². The molecule has 0 radical (unpaired) electrons. The molecule has 4 bridgehead atoms. The third-order valence-electron chi connectivity index (χ3n) is 7.50. The molecule has 5 aliphatic rings. The van der Waals surface area contributed by atoms with Crippen molar-refractivity contribution in [1.29, 1.82) is 0 Å². The summed E-state index contributed by atoms with van der Waals surface area (Å²) in [5.74, 6) is 0.613. The predicted octanol–water partition coefficient (Wildman–Crippen LogP) is 3.47. The molecule has 1 aliphatic heterocycles. The number of hydrogen-bond acceptors (Lipinski definition) is 4. The minimum Gasteiger partial charge on any atom is -0.444 e. The van der Waals surface area contributed by atoms with E-state index in [4.69, 9.17) is 11.3 Å². The molecule has 1 heterocycles. The van der Waals surface area contributed by atoms with Crippen molar-refractivity contribution in [3.63, 3.8) is 0 Å². The van der Waals surface area contributed by atoms with Gasteiger partial charge in [-0.15, -0.1) is 0 Å². The van der Waals surface area contributed by atoms with E-state index < -0.39 is 34.9 Å². The van der Waals surface area contributed by atoms with E-state index in [1.54, 1.807) is 25.7 Å². The maximum Gasteiger partial charge on any atom is 0.408 e. The molecule has 166 valence electrons. The van der Waals surface area contributed by atoms with Crippen molar-refractivity contribution in [2.45, 2.75) is 102 Å². The van der Waals surface area contributed by atoms with Gasteiger partial charge in [-0.3, -0.25) is 14.5 Å². The number of piperidine rings is 1. The minimum atomic E-state index is -0.757. The summed E-state index contributed by atoms with van der Waals surface area (Å²) in [4.78, 5) is 31.9. The molecule has 2 amide bonds. The van der Waals surface area contributed by atoms with Gasteiger partial charge in [0.05, 0.1) is 5.60 Å². The van der Waals surface area contributed by atoms with E-state index in [1.807, 2.05) is 0 Å². The smallest absolute Gasteiger partial charge is 0.408 e. The summed E-state index contributed by atoms with van der Waals surface area (Å²) in [5.41, 5.74) is -1.86. The predicted molar refractivity (Wildman–Crippen MR) is 111 cm³/mol. The molecule has 5 rings (SSSR count). The zero-order valence-corrected chi connectivity index (χ0v) is 18.4. The fraction of sp³-hybridized carbons (Fsp3) is 0.870. The summed E-state index contributed by atoms with van der Waals surface area (Å²) >= 11 is 0. The Morgan fingerprint density at radius 1 is 1.20 bits per heavy atom. The van der Waals surface area contributed by atoms with Crippen LogP contribution >= 0.6 is 0 Å². The highest BCUT2D eigenvalue weighted by Crippen LogP contribution is 2.63. The van der Waals surface area contributed by atoms with Crippen LogP contribution in [0.3, 0.4) is 0 Å². The molecular formula is C23H35N3O4. The summed E-state index contributed by atoms with van der Waals surface area (Å²) in [7, 11) is 0. The topological polar surface area (TPSA) is 83.2 Å². The Labute approximate surface area is 179 Å². The number of nitrogens with zero attached hydrogens (tertiary/aromatic N) is 2. The van der Waals surface area contributed by atoms with Crippen molar-refractivity contribution in [2.75, 3.05) is 6.54 Å². The van der Waals surface area contributed by atoms with E-state index in [2.05, 4.69) is 10.2 Å². The number of nitrogens with one attached hydrogen (secondary N) is 1. The summed E-state index contributed by atoms with van der Waals surface area (Å²) in [6.07, 6.45) is 6.35. The average molecular weight is 418 g/mol. The van der Waals surface area contributed by atoms with E-state index in [0.717, 1.165) is 44.9 Å². The number of alkyl carbamates (subject to hydrolysis) is 1. The van der Waals surface area contributed by atoms with Crippen molar-refractivity contribution < 1.29 is 19.4 Å². The van der Waals surface area contributed by atoms with Gasteiger partial charge >= 0.3 is 12.3 Å². The monoisotopic (exact) mass is 417 g/mol. The second-order valence-electron chi connectivity index (χ2n) is 11.3. The van der Waals surface area contributed by atoms with Gasteiger partial charge < -0.3 is 15.2 Å². The molecule has 30 heavy (non-hydrogen) atoms. The fourth-order valence-corrected chi connectivity index (χ4v) is 7.00. The van der Waals surface area contributed by atoms with Crippen LogP contribution in [0, 0.1) is 23.8 Å². The van der Waals surface area contributed by atoms with E-state index >= 15 is 0 Å². The standard InChI is InChI=1S/C23H35N3O4/c1-21(2,3)30-20(28)25-18(19(27)26-8-6-5-7-17(26)24-4)22-10-15-9-16(11-22)13-23(29,12-15)14-22/h15-18,29H,5-14H2,1-3H3,(H,25,28)/t15?,16?,17-,18+,22?,23?/m0/s1. The Balaban J connectivity index is 1.65. The number of ether oxygens (including phenoxy) is 1. The Morgan fingerprint density at radius 2 is 1.87 bits per heavy atom. The van der Waals surface area contributed by atoms with Crippen LogP contribution in [0.1, 0.15) is 78.6 Å². The first-order chi connectivity index (χ1) is 14.0. The number of rotatable bonds is 3. The first-order valence-corrected chi connectivity index (χ1v) is 11.4. The van der Waals surface area contributed by atoms with Crippen LogP contribution in [0.15, 0.2) is 0 Å². The van der Waals surface area contributed by atoms with Crippen LogP contribution in [0.2, 0.25) is 0 Å². The highest BCUT2D eigenvalue weighted by molar-refractivity contribution is 5.87. The van der Waals surface area contributed by atoms with E-state index in [9.17, 15) is 14.7 Å². The molecule has 2 unspecified atom stereocenters. The van der Waals surface area contributed by atoms with Crippen LogP contribution in [0.25, 0.3) is 4.85 Å². The molecule has 1 saturated heterocycles. The molecule has 4 aliphatic carbocycles. The van der Waals surface area contributed by atoms with Gasteiger partial charge in [-0.1, -0.05) is 0 Å². The fourth-order valence-electron chi connectivity index (χ4n) is 7.00. The molecule has 2 N–H and O–H groups in total. The second kappa shape index (κ2) is 7.40. The van der Waals surface area contributed by atoms with Gasteiger partial charge in [0.15, 0.2) is 0 Å². The Kier molecular flexibility index (Phi) is 5.29. The summed E-state index contributed by atoms with van der Waals surface area (Å²) in [6, 6.07) is -0.757. The third kappa shape index (κ3) is 4.03. The second-order valence-corrected chi connectivity index (χ2v) is 11.3. The van der Waals surface area contributed by atoms with Crippen LogP contribution in [0.5, 0.6) is 0 Å². The maximum atomic E-state index is 13.8. The Morgan fingerprint density at radius 3 is 2.43 bits per heavy atom. The van der Waals surface area contributed by atoms with Crippen LogP contribution in [-0.4, -0.2) is 52.0 Å². The number of likely N-dealkylation sites (tertiary alicyclic amines) is 1. The number of amides is 2. The number of carbonyl (C=O) groups is 2. The van der Waals surface area contributed by atoms with Crippen molar-refractivity contribution in [2.24, 2.45) is 17.3 Å². The van der Waals surface area contributed by atoms with E-state index in [0.29, 0.717) is 31.2 Å². The lowest BCUT2D eigenvalue weighted by atomic mass is 9.46. The quantitative estimate of drug-likeness (QED) is 0.689. The van der Waals surface area contributed by atoms with Gasteiger partial charge in [0.1, 0.15) is 11.6 Å². The molecular weight excluding hydrogens is 382 g/mol. The minimum absolute atomic E-state index is 0.174. The number of hydrogen-bond donors (Lipinski definition) is 2. The van der Waals surface area contributed by atoms with Gasteiger partial charge in [0.2, 0.25) is 0 Å². The molecule has 5 fully saturated rings. The maximum absolute atomic E-state index is 13.8. The normalized spacial score (nSPS) is 38.6. The molecule has 0 aromatic carbocycles. The van der Waals surface area contributed by atoms with Crippen molar-refractivity contribution in [1.82, 2.24) is 10.2 Å². The summed E-state index contributed by atoms with van der Waals surface area (Å²) in [5, 5.41) is 14.1.